The van der Waals surface area contributed by atoms with Crippen LogP contribution in [0.4, 0.5) is 0 Å². The van der Waals surface area contributed by atoms with E-state index in [1.165, 1.54) is 0 Å². The van der Waals surface area contributed by atoms with E-state index in [-0.39, 0.29) is 12.6 Å². The first-order valence-corrected chi connectivity index (χ1v) is 6.36. The molecular formula is C16H22O3. The van der Waals surface area contributed by atoms with Gasteiger partial charge in [-0.15, -0.1) is 0 Å². The first-order chi connectivity index (χ1) is 8.73. The number of carbonyl (C=O) groups excluding carboxylic acids is 1. The third-order valence-corrected chi connectivity index (χ3v) is 2.72. The fourth-order valence-electron chi connectivity index (χ4n) is 1.49. The molecule has 1 aromatic carbocycles. The summed E-state index contributed by atoms with van der Waals surface area (Å²) in [7, 11) is 0. The van der Waals surface area contributed by atoms with Crippen molar-refractivity contribution < 1.29 is 14.6 Å². The van der Waals surface area contributed by atoms with Gasteiger partial charge in [0.1, 0.15) is 12.2 Å². The maximum Gasteiger partial charge on any atom is 0.311 e. The van der Waals surface area contributed by atoms with Gasteiger partial charge in [0.25, 0.3) is 0 Å². The lowest BCUT2D eigenvalue weighted by molar-refractivity contribution is -0.151. The molecule has 0 radical (unpaired) electrons. The standard InChI is InChI=1S/C16H22O3/c1-15(2,3)14(17)19-12-8-11-16(4,18)13-9-6-5-7-10-13/h5-11,18H,12H2,1-4H3/b11-8+/t16-/m0/s1. The van der Waals surface area contributed by atoms with Crippen LogP contribution < -0.4 is 0 Å². The van der Waals surface area contributed by atoms with Crippen molar-refractivity contribution in [2.75, 3.05) is 6.61 Å². The molecule has 0 aromatic heterocycles. The summed E-state index contributed by atoms with van der Waals surface area (Å²) in [6.45, 7) is 7.28. The van der Waals surface area contributed by atoms with Crippen LogP contribution in [0.1, 0.15) is 33.3 Å². The Labute approximate surface area is 114 Å². The largest absolute Gasteiger partial charge is 0.461 e. The van der Waals surface area contributed by atoms with Crippen LogP contribution in [0.3, 0.4) is 0 Å². The van der Waals surface area contributed by atoms with E-state index in [2.05, 4.69) is 0 Å². The van der Waals surface area contributed by atoms with Gasteiger partial charge in [-0.3, -0.25) is 4.79 Å². The summed E-state index contributed by atoms with van der Waals surface area (Å²) in [5, 5.41) is 10.3. The van der Waals surface area contributed by atoms with E-state index in [1.807, 2.05) is 30.3 Å². The lowest BCUT2D eigenvalue weighted by Gasteiger charge is -2.20. The van der Waals surface area contributed by atoms with E-state index in [9.17, 15) is 9.90 Å². The zero-order valence-corrected chi connectivity index (χ0v) is 12.0. The predicted octanol–water partition coefficient (Wildman–Crippen LogP) is 3.04. The van der Waals surface area contributed by atoms with E-state index >= 15 is 0 Å². The SMILES string of the molecule is CC(C)(C)C(=O)OC/C=C/[C@](C)(O)c1ccccc1. The number of esters is 1. The predicted molar refractivity (Wildman–Crippen MR) is 75.6 cm³/mol. The van der Waals surface area contributed by atoms with Crippen molar-refractivity contribution >= 4 is 5.97 Å². The average Bonchev–Trinajstić information content (AvgIpc) is 2.34. The van der Waals surface area contributed by atoms with Gasteiger partial charge in [-0.1, -0.05) is 30.3 Å². The molecule has 1 rings (SSSR count). The van der Waals surface area contributed by atoms with Crippen LogP contribution in [-0.4, -0.2) is 17.7 Å². The third kappa shape index (κ3) is 4.87. The van der Waals surface area contributed by atoms with E-state index in [4.69, 9.17) is 4.74 Å². The van der Waals surface area contributed by atoms with Crippen molar-refractivity contribution in [2.24, 2.45) is 5.41 Å². The molecule has 0 aliphatic heterocycles. The summed E-state index contributed by atoms with van der Waals surface area (Å²) >= 11 is 0. The smallest absolute Gasteiger partial charge is 0.311 e. The molecule has 1 atom stereocenters. The molecule has 0 saturated heterocycles. The quantitative estimate of drug-likeness (QED) is 0.670. The molecule has 19 heavy (non-hydrogen) atoms. The molecule has 1 N–H and O–H groups in total. The molecule has 1 aromatic rings. The minimum atomic E-state index is -1.06. The zero-order valence-electron chi connectivity index (χ0n) is 12.0. The van der Waals surface area contributed by atoms with E-state index in [0.29, 0.717) is 0 Å². The fraction of sp³-hybridized carbons (Fsp3) is 0.438. The Kier molecular flexibility index (Phi) is 4.90. The molecule has 0 saturated carbocycles. The number of hydrogen-bond acceptors (Lipinski definition) is 3. The summed E-state index contributed by atoms with van der Waals surface area (Å²) in [5.41, 5.74) is -0.765. The minimum absolute atomic E-state index is 0.166. The van der Waals surface area contributed by atoms with Crippen molar-refractivity contribution in [1.82, 2.24) is 0 Å². The highest BCUT2D eigenvalue weighted by Crippen LogP contribution is 2.21. The number of aliphatic hydroxyl groups is 1. The molecule has 3 nitrogen and oxygen atoms in total. The number of benzene rings is 1. The number of rotatable bonds is 4. The Morgan fingerprint density at radius 3 is 2.32 bits per heavy atom. The Morgan fingerprint density at radius 2 is 1.79 bits per heavy atom. The van der Waals surface area contributed by atoms with Crippen LogP contribution in [0.2, 0.25) is 0 Å². The van der Waals surface area contributed by atoms with Gasteiger partial charge < -0.3 is 9.84 Å². The van der Waals surface area contributed by atoms with Crippen molar-refractivity contribution in [3.05, 3.63) is 48.0 Å². The second kappa shape index (κ2) is 6.02. The summed E-state index contributed by atoms with van der Waals surface area (Å²) < 4.78 is 5.10. The van der Waals surface area contributed by atoms with Gasteiger partial charge in [-0.05, 0) is 45.4 Å². The molecule has 0 fully saturated rings. The molecule has 0 spiro atoms. The van der Waals surface area contributed by atoms with Gasteiger partial charge in [0.05, 0.1) is 5.41 Å². The van der Waals surface area contributed by atoms with E-state index < -0.39 is 11.0 Å². The van der Waals surface area contributed by atoms with Crippen molar-refractivity contribution in [3.63, 3.8) is 0 Å². The molecule has 0 aliphatic rings. The molecule has 0 heterocycles. The van der Waals surface area contributed by atoms with Gasteiger partial charge >= 0.3 is 5.97 Å². The molecule has 3 heteroatoms. The lowest BCUT2D eigenvalue weighted by atomic mass is 9.96. The molecule has 0 bridgehead atoms. The monoisotopic (exact) mass is 262 g/mol. The van der Waals surface area contributed by atoms with Gasteiger partial charge in [0.15, 0.2) is 0 Å². The second-order valence-corrected chi connectivity index (χ2v) is 5.76. The van der Waals surface area contributed by atoms with Gasteiger partial charge in [-0.25, -0.2) is 0 Å². The number of hydrogen-bond donors (Lipinski definition) is 1. The van der Waals surface area contributed by atoms with Gasteiger partial charge in [-0.2, -0.15) is 0 Å². The maximum absolute atomic E-state index is 11.5. The van der Waals surface area contributed by atoms with Crippen LogP contribution in [0.5, 0.6) is 0 Å². The van der Waals surface area contributed by atoms with Crippen molar-refractivity contribution in [2.45, 2.75) is 33.3 Å². The lowest BCUT2D eigenvalue weighted by Crippen LogP contribution is -2.23. The normalized spacial score (nSPS) is 15.2. The van der Waals surface area contributed by atoms with Crippen molar-refractivity contribution in [3.8, 4) is 0 Å². The van der Waals surface area contributed by atoms with Crippen LogP contribution in [0, 0.1) is 5.41 Å². The summed E-state index contributed by atoms with van der Waals surface area (Å²) in [6, 6.07) is 9.35. The van der Waals surface area contributed by atoms with Crippen LogP contribution in [-0.2, 0) is 15.1 Å². The van der Waals surface area contributed by atoms with Crippen LogP contribution in [0.15, 0.2) is 42.5 Å². The third-order valence-electron chi connectivity index (χ3n) is 2.72. The Morgan fingerprint density at radius 1 is 1.21 bits per heavy atom. The molecule has 0 aliphatic carbocycles. The molecule has 0 amide bonds. The van der Waals surface area contributed by atoms with E-state index in [1.54, 1.807) is 39.8 Å². The van der Waals surface area contributed by atoms with Gasteiger partial charge in [0, 0.05) is 0 Å². The maximum atomic E-state index is 11.5. The summed E-state index contributed by atoms with van der Waals surface area (Å²) in [6.07, 6.45) is 3.30. The minimum Gasteiger partial charge on any atom is -0.461 e. The number of ether oxygens (including phenoxy) is 1. The second-order valence-electron chi connectivity index (χ2n) is 5.76. The first-order valence-electron chi connectivity index (χ1n) is 6.36. The summed E-state index contributed by atoms with van der Waals surface area (Å²) in [5.74, 6) is -0.253. The average molecular weight is 262 g/mol. The van der Waals surface area contributed by atoms with E-state index in [0.717, 1.165) is 5.56 Å². The van der Waals surface area contributed by atoms with Crippen LogP contribution >= 0.6 is 0 Å². The van der Waals surface area contributed by atoms with Gasteiger partial charge in [0.2, 0.25) is 0 Å². The Balaban J connectivity index is 2.56. The first kappa shape index (κ1) is 15.4. The molecular weight excluding hydrogens is 240 g/mol. The van der Waals surface area contributed by atoms with Crippen LogP contribution in [0.25, 0.3) is 0 Å². The topological polar surface area (TPSA) is 46.5 Å². The number of carbonyl (C=O) groups is 1. The summed E-state index contributed by atoms with van der Waals surface area (Å²) in [4.78, 5) is 11.5. The van der Waals surface area contributed by atoms with Crippen molar-refractivity contribution in [1.29, 1.82) is 0 Å². The molecule has 0 unspecified atom stereocenters. The zero-order chi connectivity index (χ0) is 14.5. The fourth-order valence-corrected chi connectivity index (χ4v) is 1.49. The Bertz CT molecular complexity index is 439. The highest BCUT2D eigenvalue weighted by molar-refractivity contribution is 5.75. The highest BCUT2D eigenvalue weighted by Gasteiger charge is 2.23. The molecule has 104 valence electrons. The highest BCUT2D eigenvalue weighted by atomic mass is 16.5. The Hall–Kier alpha value is -1.61.